The van der Waals surface area contributed by atoms with Gasteiger partial charge in [0.15, 0.2) is 0 Å². The van der Waals surface area contributed by atoms with E-state index in [0.717, 1.165) is 29.8 Å². The predicted octanol–water partition coefficient (Wildman–Crippen LogP) is 3.90. The Morgan fingerprint density at radius 2 is 2.00 bits per heavy atom. The minimum atomic E-state index is 0.483. The van der Waals surface area contributed by atoms with Gasteiger partial charge in [-0.25, -0.2) is 0 Å². The van der Waals surface area contributed by atoms with E-state index in [9.17, 15) is 0 Å². The average Bonchev–Trinajstić information content (AvgIpc) is 2.25. The van der Waals surface area contributed by atoms with Crippen molar-refractivity contribution in [1.29, 1.82) is 0 Å². The van der Waals surface area contributed by atoms with E-state index >= 15 is 0 Å². The van der Waals surface area contributed by atoms with Gasteiger partial charge in [0.05, 0.1) is 6.61 Å². The summed E-state index contributed by atoms with van der Waals surface area (Å²) in [4.78, 5) is 2.17. The molecule has 0 N–H and O–H groups in total. The van der Waals surface area contributed by atoms with Crippen molar-refractivity contribution in [3.05, 3.63) is 28.2 Å². The highest BCUT2D eigenvalue weighted by atomic mass is 79.9. The lowest BCUT2D eigenvalue weighted by Crippen LogP contribution is -2.15. The lowest BCUT2D eigenvalue weighted by atomic mass is 10.0. The Balaban J connectivity index is 2.58. The second-order valence-corrected chi connectivity index (χ2v) is 5.76. The van der Waals surface area contributed by atoms with Crippen molar-refractivity contribution in [3.8, 4) is 5.75 Å². The number of ether oxygens (including phenoxy) is 1. The van der Waals surface area contributed by atoms with Crippen molar-refractivity contribution < 1.29 is 4.74 Å². The number of hydrogen-bond acceptors (Lipinski definition) is 2. The van der Waals surface area contributed by atoms with Gasteiger partial charge in [-0.3, -0.25) is 0 Å². The molecule has 0 spiro atoms. The maximum atomic E-state index is 5.86. The predicted molar refractivity (Wildman–Crippen MR) is 76.9 cm³/mol. The molecular formula is C14H22BrNO. The summed E-state index contributed by atoms with van der Waals surface area (Å²) in [5.41, 5.74) is 1.27. The van der Waals surface area contributed by atoms with Crippen LogP contribution in [0.4, 0.5) is 0 Å². The van der Waals surface area contributed by atoms with Gasteiger partial charge in [0.25, 0.3) is 0 Å². The third-order valence-electron chi connectivity index (χ3n) is 2.60. The van der Waals surface area contributed by atoms with Crippen molar-refractivity contribution in [3.63, 3.8) is 0 Å². The fourth-order valence-electron chi connectivity index (χ4n) is 1.66. The first-order valence-electron chi connectivity index (χ1n) is 6.07. The van der Waals surface area contributed by atoms with Crippen molar-refractivity contribution in [1.82, 2.24) is 4.90 Å². The number of benzene rings is 1. The molecule has 0 atom stereocenters. The van der Waals surface area contributed by atoms with Gasteiger partial charge in [-0.05, 0) is 50.2 Å². The van der Waals surface area contributed by atoms with Gasteiger partial charge >= 0.3 is 0 Å². The molecular weight excluding hydrogens is 278 g/mol. The molecule has 0 amide bonds. The van der Waals surface area contributed by atoms with Crippen LogP contribution in [0.15, 0.2) is 22.7 Å². The SMILES string of the molecule is CC(C)c1cc(Br)ccc1OCCCN(C)C. The van der Waals surface area contributed by atoms with E-state index in [2.05, 4.69) is 60.9 Å². The molecule has 96 valence electrons. The fourth-order valence-corrected chi connectivity index (χ4v) is 2.04. The Morgan fingerprint density at radius 3 is 2.59 bits per heavy atom. The highest BCUT2D eigenvalue weighted by Gasteiger charge is 2.08. The normalized spacial score (nSPS) is 11.2. The van der Waals surface area contributed by atoms with Crippen LogP contribution in [0.5, 0.6) is 5.75 Å². The maximum Gasteiger partial charge on any atom is 0.122 e. The molecule has 0 aliphatic rings. The summed E-state index contributed by atoms with van der Waals surface area (Å²) < 4.78 is 6.97. The second-order valence-electron chi connectivity index (χ2n) is 4.84. The zero-order chi connectivity index (χ0) is 12.8. The molecule has 1 rings (SSSR count). The van der Waals surface area contributed by atoms with Gasteiger partial charge in [0.2, 0.25) is 0 Å². The van der Waals surface area contributed by atoms with Crippen LogP contribution in [0.2, 0.25) is 0 Å². The molecule has 0 aliphatic heterocycles. The number of hydrogen-bond donors (Lipinski definition) is 0. The highest BCUT2D eigenvalue weighted by Crippen LogP contribution is 2.29. The molecule has 2 nitrogen and oxygen atoms in total. The van der Waals surface area contributed by atoms with Gasteiger partial charge in [-0.2, -0.15) is 0 Å². The van der Waals surface area contributed by atoms with Crippen molar-refractivity contribution in [2.45, 2.75) is 26.2 Å². The largest absolute Gasteiger partial charge is 0.493 e. The van der Waals surface area contributed by atoms with E-state index < -0.39 is 0 Å². The number of halogens is 1. The molecule has 1 aromatic rings. The van der Waals surface area contributed by atoms with E-state index in [-0.39, 0.29) is 0 Å². The third kappa shape index (κ3) is 5.09. The Bertz CT molecular complexity index is 350. The molecule has 0 aliphatic carbocycles. The maximum absolute atomic E-state index is 5.86. The summed E-state index contributed by atoms with van der Waals surface area (Å²) in [6.45, 7) is 6.22. The van der Waals surface area contributed by atoms with Crippen LogP contribution < -0.4 is 4.74 Å². The van der Waals surface area contributed by atoms with Gasteiger partial charge in [-0.1, -0.05) is 29.8 Å². The van der Waals surface area contributed by atoms with E-state index in [0.29, 0.717) is 5.92 Å². The summed E-state index contributed by atoms with van der Waals surface area (Å²) in [6, 6.07) is 6.23. The van der Waals surface area contributed by atoms with Crippen LogP contribution >= 0.6 is 15.9 Å². The Hall–Kier alpha value is -0.540. The second kappa shape index (κ2) is 7.02. The molecule has 0 bridgehead atoms. The van der Waals surface area contributed by atoms with Crippen LogP contribution in [0.25, 0.3) is 0 Å². The highest BCUT2D eigenvalue weighted by molar-refractivity contribution is 9.10. The molecule has 1 aromatic carbocycles. The Labute approximate surface area is 113 Å². The van der Waals surface area contributed by atoms with Crippen molar-refractivity contribution >= 4 is 15.9 Å². The van der Waals surface area contributed by atoms with E-state index in [1.54, 1.807) is 0 Å². The Kier molecular flexibility index (Phi) is 6.00. The lowest BCUT2D eigenvalue weighted by Gasteiger charge is -2.15. The van der Waals surface area contributed by atoms with Crippen LogP contribution in [0.1, 0.15) is 31.7 Å². The molecule has 0 saturated carbocycles. The summed E-state index contributed by atoms with van der Waals surface area (Å²) in [5, 5.41) is 0. The summed E-state index contributed by atoms with van der Waals surface area (Å²) in [7, 11) is 4.17. The van der Waals surface area contributed by atoms with E-state index in [4.69, 9.17) is 4.74 Å². The zero-order valence-corrected chi connectivity index (χ0v) is 12.8. The quantitative estimate of drug-likeness (QED) is 0.739. The van der Waals surface area contributed by atoms with Gasteiger partial charge < -0.3 is 9.64 Å². The summed E-state index contributed by atoms with van der Waals surface area (Å²) >= 11 is 3.50. The van der Waals surface area contributed by atoms with Crippen LogP contribution in [-0.2, 0) is 0 Å². The first kappa shape index (κ1) is 14.5. The average molecular weight is 300 g/mol. The topological polar surface area (TPSA) is 12.5 Å². The number of nitrogens with zero attached hydrogens (tertiary/aromatic N) is 1. The van der Waals surface area contributed by atoms with Gasteiger partial charge in [-0.15, -0.1) is 0 Å². The summed E-state index contributed by atoms with van der Waals surface area (Å²) in [5.74, 6) is 1.50. The molecule has 0 aromatic heterocycles. The minimum Gasteiger partial charge on any atom is -0.493 e. The van der Waals surface area contributed by atoms with Gasteiger partial charge in [0.1, 0.15) is 5.75 Å². The van der Waals surface area contributed by atoms with Crippen molar-refractivity contribution in [2.24, 2.45) is 0 Å². The van der Waals surface area contributed by atoms with Crippen LogP contribution in [0, 0.1) is 0 Å². The molecule has 0 heterocycles. The standard InChI is InChI=1S/C14H22BrNO/c1-11(2)13-10-12(15)6-7-14(13)17-9-5-8-16(3)4/h6-7,10-11H,5,8-9H2,1-4H3. The Morgan fingerprint density at radius 1 is 1.29 bits per heavy atom. The lowest BCUT2D eigenvalue weighted by molar-refractivity contribution is 0.278. The molecule has 0 saturated heterocycles. The molecule has 3 heteroatoms. The fraction of sp³-hybridized carbons (Fsp3) is 0.571. The molecule has 0 radical (unpaired) electrons. The number of rotatable bonds is 6. The molecule has 0 fully saturated rings. The van der Waals surface area contributed by atoms with Crippen molar-refractivity contribution in [2.75, 3.05) is 27.2 Å². The van der Waals surface area contributed by atoms with Crippen LogP contribution in [0.3, 0.4) is 0 Å². The molecule has 17 heavy (non-hydrogen) atoms. The van der Waals surface area contributed by atoms with Gasteiger partial charge in [0, 0.05) is 11.0 Å². The third-order valence-corrected chi connectivity index (χ3v) is 3.09. The first-order valence-corrected chi connectivity index (χ1v) is 6.87. The summed E-state index contributed by atoms with van der Waals surface area (Å²) in [6.07, 6.45) is 1.06. The first-order chi connectivity index (χ1) is 8.00. The minimum absolute atomic E-state index is 0.483. The van der Waals surface area contributed by atoms with Crippen LogP contribution in [-0.4, -0.2) is 32.1 Å². The van der Waals surface area contributed by atoms with E-state index in [1.165, 1.54) is 5.56 Å². The smallest absolute Gasteiger partial charge is 0.122 e. The monoisotopic (exact) mass is 299 g/mol. The molecule has 0 unspecified atom stereocenters. The van der Waals surface area contributed by atoms with E-state index in [1.807, 2.05) is 6.07 Å². The zero-order valence-electron chi connectivity index (χ0n) is 11.2.